The van der Waals surface area contributed by atoms with Gasteiger partial charge in [0.1, 0.15) is 5.76 Å². The van der Waals surface area contributed by atoms with Crippen LogP contribution < -0.4 is 0 Å². The molecule has 0 bridgehead atoms. The number of nitrogens with zero attached hydrogens (tertiary/aromatic N) is 2. The van der Waals surface area contributed by atoms with Gasteiger partial charge < -0.3 is 14.3 Å². The fourth-order valence-electron chi connectivity index (χ4n) is 2.89. The van der Waals surface area contributed by atoms with Crippen LogP contribution in [-0.2, 0) is 11.3 Å². The molecule has 0 spiro atoms. The second kappa shape index (κ2) is 8.16. The van der Waals surface area contributed by atoms with Gasteiger partial charge in [0.05, 0.1) is 18.4 Å². The van der Waals surface area contributed by atoms with Crippen LogP contribution >= 0.6 is 11.8 Å². The molecular weight excluding hydrogens is 324 g/mol. The monoisotopic (exact) mass is 348 g/mol. The molecule has 1 saturated heterocycles. The van der Waals surface area contributed by atoms with Crippen molar-refractivity contribution in [2.75, 3.05) is 32.6 Å². The molecule has 1 aromatic heterocycles. The van der Waals surface area contributed by atoms with Crippen molar-refractivity contribution in [3.8, 4) is 11.5 Å². The Kier molecular flexibility index (Phi) is 5.94. The van der Waals surface area contributed by atoms with E-state index in [9.17, 15) is 0 Å². The summed E-state index contributed by atoms with van der Waals surface area (Å²) in [5.74, 6) is 1.54. The Morgan fingerprint density at radius 2 is 2.12 bits per heavy atom. The fourth-order valence-corrected chi connectivity index (χ4v) is 3.29. The number of aliphatic hydroxyl groups excluding tert-OH is 1. The third kappa shape index (κ3) is 4.19. The maximum atomic E-state index is 9.08. The van der Waals surface area contributed by atoms with Gasteiger partial charge in [-0.25, -0.2) is 4.98 Å². The molecule has 1 aromatic carbocycles. The fraction of sp³-hybridized carbons (Fsp3) is 0.500. The van der Waals surface area contributed by atoms with E-state index in [-0.39, 0.29) is 12.7 Å². The molecule has 2 aromatic rings. The van der Waals surface area contributed by atoms with Crippen molar-refractivity contribution in [3.05, 3.63) is 35.7 Å². The molecule has 1 N–H and O–H groups in total. The summed E-state index contributed by atoms with van der Waals surface area (Å²) in [5, 5.41) is 9.08. The molecule has 0 aliphatic carbocycles. The maximum Gasteiger partial charge on any atom is 0.226 e. The van der Waals surface area contributed by atoms with Crippen molar-refractivity contribution in [2.45, 2.75) is 30.9 Å². The first-order valence-electron chi connectivity index (χ1n) is 8.25. The molecule has 6 heteroatoms. The van der Waals surface area contributed by atoms with Gasteiger partial charge in [0.15, 0.2) is 0 Å². The number of thioether (sulfide) groups is 1. The number of aryl methyl sites for hydroxylation is 1. The minimum Gasteiger partial charge on any atom is -0.441 e. The summed E-state index contributed by atoms with van der Waals surface area (Å²) in [6.45, 7) is 5.29. The standard InChI is InChI=1S/C18H24N2O3S/c1-13-17(12-20-8-10-22-15(11-20)7-9-21)19-18(23-13)14-3-5-16(24-2)6-4-14/h3-6,15,21H,7-12H2,1-2H3. The van der Waals surface area contributed by atoms with Crippen LogP contribution in [-0.4, -0.2) is 53.7 Å². The smallest absolute Gasteiger partial charge is 0.226 e. The Morgan fingerprint density at radius 1 is 1.33 bits per heavy atom. The van der Waals surface area contributed by atoms with Crippen LogP contribution in [0.15, 0.2) is 33.6 Å². The number of morpholine rings is 1. The average molecular weight is 348 g/mol. The zero-order valence-electron chi connectivity index (χ0n) is 14.2. The van der Waals surface area contributed by atoms with Gasteiger partial charge in [-0.05, 0) is 43.9 Å². The summed E-state index contributed by atoms with van der Waals surface area (Å²) in [6.07, 6.45) is 2.85. The largest absolute Gasteiger partial charge is 0.441 e. The number of hydrogen-bond donors (Lipinski definition) is 1. The number of aliphatic hydroxyl groups is 1. The van der Waals surface area contributed by atoms with Gasteiger partial charge in [-0.3, -0.25) is 4.90 Å². The number of rotatable bonds is 6. The van der Waals surface area contributed by atoms with Crippen LogP contribution in [0.25, 0.3) is 11.5 Å². The van der Waals surface area contributed by atoms with E-state index in [2.05, 4.69) is 23.3 Å². The van der Waals surface area contributed by atoms with E-state index in [1.54, 1.807) is 11.8 Å². The van der Waals surface area contributed by atoms with Crippen LogP contribution in [0.5, 0.6) is 0 Å². The van der Waals surface area contributed by atoms with E-state index in [0.29, 0.717) is 18.9 Å². The van der Waals surface area contributed by atoms with Gasteiger partial charge in [-0.1, -0.05) is 0 Å². The van der Waals surface area contributed by atoms with Crippen molar-refractivity contribution in [3.63, 3.8) is 0 Å². The lowest BCUT2D eigenvalue weighted by atomic mass is 10.2. The Bertz CT molecular complexity index is 655. The summed E-state index contributed by atoms with van der Waals surface area (Å²) in [4.78, 5) is 8.24. The second-order valence-electron chi connectivity index (χ2n) is 5.99. The van der Waals surface area contributed by atoms with Crippen LogP contribution in [0.3, 0.4) is 0 Å². The summed E-state index contributed by atoms with van der Waals surface area (Å²) >= 11 is 1.72. The number of aromatic nitrogens is 1. The predicted molar refractivity (Wildman–Crippen MR) is 95.2 cm³/mol. The van der Waals surface area contributed by atoms with Crippen LogP contribution in [0, 0.1) is 6.92 Å². The quantitative estimate of drug-likeness (QED) is 0.810. The summed E-state index contributed by atoms with van der Waals surface area (Å²) in [6, 6.07) is 8.27. The van der Waals surface area contributed by atoms with Gasteiger partial charge >= 0.3 is 0 Å². The lowest BCUT2D eigenvalue weighted by Crippen LogP contribution is -2.42. The van der Waals surface area contributed by atoms with Crippen molar-refractivity contribution >= 4 is 11.8 Å². The number of hydrogen-bond acceptors (Lipinski definition) is 6. The van der Waals surface area contributed by atoms with E-state index in [1.807, 2.05) is 19.1 Å². The molecule has 3 rings (SSSR count). The topological polar surface area (TPSA) is 58.7 Å². The molecule has 5 nitrogen and oxygen atoms in total. The molecular formula is C18H24N2O3S. The van der Waals surface area contributed by atoms with Crippen molar-refractivity contribution in [2.24, 2.45) is 0 Å². The zero-order valence-corrected chi connectivity index (χ0v) is 15.0. The van der Waals surface area contributed by atoms with Gasteiger partial charge in [0.2, 0.25) is 5.89 Å². The third-order valence-corrected chi connectivity index (χ3v) is 5.02. The normalized spacial score (nSPS) is 18.9. The molecule has 130 valence electrons. The van der Waals surface area contributed by atoms with E-state index in [4.69, 9.17) is 19.2 Å². The minimum absolute atomic E-state index is 0.106. The van der Waals surface area contributed by atoms with E-state index in [0.717, 1.165) is 36.7 Å². The molecule has 1 aliphatic heterocycles. The number of ether oxygens (including phenoxy) is 1. The molecule has 0 saturated carbocycles. The minimum atomic E-state index is 0.106. The Morgan fingerprint density at radius 3 is 2.83 bits per heavy atom. The molecule has 1 fully saturated rings. The van der Waals surface area contributed by atoms with Gasteiger partial charge in [-0.2, -0.15) is 0 Å². The van der Waals surface area contributed by atoms with Gasteiger partial charge in [-0.15, -0.1) is 11.8 Å². The molecule has 1 atom stereocenters. The van der Waals surface area contributed by atoms with Crippen LogP contribution in [0.4, 0.5) is 0 Å². The molecule has 24 heavy (non-hydrogen) atoms. The molecule has 1 aliphatic rings. The Labute approximate surface area is 147 Å². The first kappa shape index (κ1) is 17.5. The van der Waals surface area contributed by atoms with Crippen molar-refractivity contribution < 1.29 is 14.3 Å². The molecule has 0 amide bonds. The first-order valence-corrected chi connectivity index (χ1v) is 9.47. The SMILES string of the molecule is CSc1ccc(-c2nc(CN3CCOC(CCO)C3)c(C)o2)cc1. The highest BCUT2D eigenvalue weighted by atomic mass is 32.2. The highest BCUT2D eigenvalue weighted by Crippen LogP contribution is 2.25. The van der Waals surface area contributed by atoms with Crippen LogP contribution in [0.2, 0.25) is 0 Å². The molecule has 0 radical (unpaired) electrons. The number of oxazole rings is 1. The lowest BCUT2D eigenvalue weighted by molar-refractivity contribution is -0.0411. The Balaban J connectivity index is 1.69. The zero-order chi connectivity index (χ0) is 16.9. The first-order chi connectivity index (χ1) is 11.7. The molecule has 1 unspecified atom stereocenters. The summed E-state index contributed by atoms with van der Waals surface area (Å²) in [5.41, 5.74) is 1.98. The van der Waals surface area contributed by atoms with Gasteiger partial charge in [0, 0.05) is 36.7 Å². The third-order valence-electron chi connectivity index (χ3n) is 4.28. The van der Waals surface area contributed by atoms with E-state index >= 15 is 0 Å². The summed E-state index contributed by atoms with van der Waals surface area (Å²) in [7, 11) is 0. The van der Waals surface area contributed by atoms with Crippen molar-refractivity contribution in [1.82, 2.24) is 9.88 Å². The average Bonchev–Trinajstić information content (AvgIpc) is 2.96. The van der Waals surface area contributed by atoms with E-state index in [1.165, 1.54) is 4.90 Å². The Hall–Kier alpha value is -1.34. The predicted octanol–water partition coefficient (Wildman–Crippen LogP) is 2.96. The maximum absolute atomic E-state index is 9.08. The lowest BCUT2D eigenvalue weighted by Gasteiger charge is -2.32. The number of benzene rings is 1. The second-order valence-corrected chi connectivity index (χ2v) is 6.87. The highest BCUT2D eigenvalue weighted by Gasteiger charge is 2.22. The summed E-state index contributed by atoms with van der Waals surface area (Å²) < 4.78 is 11.5. The van der Waals surface area contributed by atoms with E-state index < -0.39 is 0 Å². The van der Waals surface area contributed by atoms with Crippen molar-refractivity contribution in [1.29, 1.82) is 0 Å². The van der Waals surface area contributed by atoms with Crippen LogP contribution in [0.1, 0.15) is 17.9 Å². The highest BCUT2D eigenvalue weighted by molar-refractivity contribution is 7.98. The molecule has 2 heterocycles. The van der Waals surface area contributed by atoms with Gasteiger partial charge in [0.25, 0.3) is 0 Å².